The van der Waals surface area contributed by atoms with E-state index >= 15 is 0 Å². The molecule has 2 atom stereocenters. The molecular weight excluding hydrogens is 377 g/mol. The molecule has 12 heteroatoms. The Hall–Kier alpha value is -1.95. The van der Waals surface area contributed by atoms with Crippen molar-refractivity contribution in [3.05, 3.63) is 18.5 Å². The van der Waals surface area contributed by atoms with Crippen molar-refractivity contribution < 1.29 is 31.5 Å². The Bertz CT molecular complexity index is 715. The van der Waals surface area contributed by atoms with Crippen molar-refractivity contribution >= 4 is 21.9 Å². The van der Waals surface area contributed by atoms with Gasteiger partial charge in [0.1, 0.15) is 0 Å². The monoisotopic (exact) mass is 396 g/mol. The van der Waals surface area contributed by atoms with Crippen LogP contribution in [0.3, 0.4) is 0 Å². The Morgan fingerprint density at radius 1 is 1.19 bits per heavy atom. The molecule has 1 N–H and O–H groups in total. The molecule has 0 spiro atoms. The number of carbonyl (C=O) groups is 1. The maximum absolute atomic E-state index is 11.9. The van der Waals surface area contributed by atoms with Crippen molar-refractivity contribution in [2.45, 2.75) is 13.1 Å². The molecule has 146 valence electrons. The number of hydrogen-bond acceptors (Lipinski definition) is 6. The van der Waals surface area contributed by atoms with Crippen LogP contribution < -0.4 is 4.90 Å². The van der Waals surface area contributed by atoms with Gasteiger partial charge >= 0.3 is 12.1 Å². The van der Waals surface area contributed by atoms with Crippen LogP contribution in [0, 0.1) is 11.8 Å². The summed E-state index contributed by atoms with van der Waals surface area (Å²) < 4.78 is 57.1. The van der Waals surface area contributed by atoms with E-state index in [1.165, 1.54) is 0 Å². The second-order valence-corrected chi connectivity index (χ2v) is 8.25. The van der Waals surface area contributed by atoms with Crippen molar-refractivity contribution in [1.82, 2.24) is 14.3 Å². The number of fused-ring (bicyclic) bond motifs is 1. The molecule has 3 heterocycles. The molecule has 0 bridgehead atoms. The van der Waals surface area contributed by atoms with Crippen molar-refractivity contribution in [3.63, 3.8) is 0 Å². The molecule has 2 saturated heterocycles. The fourth-order valence-electron chi connectivity index (χ4n) is 2.98. The molecule has 26 heavy (non-hydrogen) atoms. The third-order valence-electron chi connectivity index (χ3n) is 4.29. The van der Waals surface area contributed by atoms with Crippen LogP contribution in [-0.4, -0.2) is 71.9 Å². The summed E-state index contributed by atoms with van der Waals surface area (Å²) in [6, 6.07) is 1.80. The van der Waals surface area contributed by atoms with Crippen LogP contribution in [0.2, 0.25) is 0 Å². The summed E-state index contributed by atoms with van der Waals surface area (Å²) in [6.45, 7) is 4.69. The number of alkyl halides is 3. The van der Waals surface area contributed by atoms with Crippen LogP contribution in [0.15, 0.2) is 18.5 Å². The lowest BCUT2D eigenvalue weighted by Gasteiger charge is -2.20. The molecule has 2 aliphatic rings. The van der Waals surface area contributed by atoms with Gasteiger partial charge in [-0.1, -0.05) is 0 Å². The van der Waals surface area contributed by atoms with Crippen LogP contribution in [0.25, 0.3) is 0 Å². The highest BCUT2D eigenvalue weighted by molar-refractivity contribution is 7.89. The van der Waals surface area contributed by atoms with Crippen molar-refractivity contribution in [3.8, 4) is 0 Å². The van der Waals surface area contributed by atoms with Crippen LogP contribution in [-0.2, 0) is 14.8 Å². The number of carboxylic acid groups (broad SMARTS) is 1. The lowest BCUT2D eigenvalue weighted by atomic mass is 10.0. The van der Waals surface area contributed by atoms with Gasteiger partial charge < -0.3 is 10.0 Å². The molecule has 2 fully saturated rings. The summed E-state index contributed by atoms with van der Waals surface area (Å²) in [6.07, 6.45) is -1.60. The van der Waals surface area contributed by atoms with Gasteiger partial charge in [-0.2, -0.15) is 13.2 Å². The summed E-state index contributed by atoms with van der Waals surface area (Å²) in [5.74, 6) is -0.998. The molecule has 3 rings (SSSR count). The van der Waals surface area contributed by atoms with Crippen molar-refractivity contribution in [2.75, 3.05) is 36.8 Å². The fourth-order valence-corrected chi connectivity index (χ4v) is 4.18. The van der Waals surface area contributed by atoms with Gasteiger partial charge in [0, 0.05) is 38.6 Å². The second-order valence-electron chi connectivity index (χ2n) is 5.99. The molecule has 8 nitrogen and oxygen atoms in total. The number of aromatic nitrogens is 2. The zero-order valence-electron chi connectivity index (χ0n) is 13.9. The van der Waals surface area contributed by atoms with E-state index in [1.54, 1.807) is 29.7 Å². The Balaban J connectivity index is 0.000000298. The summed E-state index contributed by atoms with van der Waals surface area (Å²) >= 11 is 0. The molecule has 0 radical (unpaired) electrons. The van der Waals surface area contributed by atoms with E-state index in [2.05, 4.69) is 14.9 Å². The summed E-state index contributed by atoms with van der Waals surface area (Å²) in [4.78, 5) is 19.6. The Kier molecular flexibility index (Phi) is 6.06. The average Bonchev–Trinajstić information content (AvgIpc) is 3.14. The molecule has 0 aliphatic carbocycles. The first-order chi connectivity index (χ1) is 12.0. The second kappa shape index (κ2) is 7.74. The van der Waals surface area contributed by atoms with Gasteiger partial charge in [-0.15, -0.1) is 0 Å². The predicted molar refractivity (Wildman–Crippen MR) is 85.9 cm³/mol. The van der Waals surface area contributed by atoms with Crippen molar-refractivity contribution in [1.29, 1.82) is 0 Å². The van der Waals surface area contributed by atoms with Gasteiger partial charge in [-0.05, 0) is 24.8 Å². The first kappa shape index (κ1) is 20.4. The first-order valence-electron chi connectivity index (χ1n) is 7.84. The number of rotatable bonds is 3. The van der Waals surface area contributed by atoms with Crippen LogP contribution in [0.1, 0.15) is 6.92 Å². The molecule has 0 amide bonds. The lowest BCUT2D eigenvalue weighted by Crippen LogP contribution is -2.34. The normalized spacial score (nSPS) is 23.3. The lowest BCUT2D eigenvalue weighted by molar-refractivity contribution is -0.192. The number of nitrogens with zero attached hydrogens (tertiary/aromatic N) is 4. The van der Waals surface area contributed by atoms with Crippen LogP contribution in [0.5, 0.6) is 0 Å². The predicted octanol–water partition coefficient (Wildman–Crippen LogP) is 0.828. The maximum atomic E-state index is 11.9. The van der Waals surface area contributed by atoms with Crippen LogP contribution in [0.4, 0.5) is 19.1 Å². The number of hydrogen-bond donors (Lipinski definition) is 1. The fraction of sp³-hybridized carbons (Fsp3) is 0.643. The highest BCUT2D eigenvalue weighted by atomic mass is 32.2. The Labute approximate surface area is 148 Å². The van der Waals surface area contributed by atoms with E-state index in [4.69, 9.17) is 9.90 Å². The number of halogens is 3. The SMILES string of the molecule is CCS(=O)(=O)N1CC2CN(c3ncccn3)CC2C1.O=C(O)C(F)(F)F. The molecule has 1 aromatic rings. The van der Waals surface area contributed by atoms with Gasteiger partial charge in [-0.25, -0.2) is 27.5 Å². The van der Waals surface area contributed by atoms with E-state index in [1.807, 2.05) is 0 Å². The molecule has 2 aliphatic heterocycles. The maximum Gasteiger partial charge on any atom is 0.490 e. The van der Waals surface area contributed by atoms with Crippen molar-refractivity contribution in [2.24, 2.45) is 11.8 Å². The van der Waals surface area contributed by atoms with Gasteiger partial charge in [-0.3, -0.25) is 0 Å². The minimum absolute atomic E-state index is 0.192. The summed E-state index contributed by atoms with van der Waals surface area (Å²) in [5, 5.41) is 7.12. The van der Waals surface area contributed by atoms with Gasteiger partial charge in [0.15, 0.2) is 0 Å². The molecule has 0 aromatic carbocycles. The van der Waals surface area contributed by atoms with E-state index in [-0.39, 0.29) is 5.75 Å². The molecule has 2 unspecified atom stereocenters. The summed E-state index contributed by atoms with van der Waals surface area (Å²) in [5.41, 5.74) is 0. The van der Waals surface area contributed by atoms with Gasteiger partial charge in [0.2, 0.25) is 16.0 Å². The molecular formula is C14H19F3N4O4S. The number of aliphatic carboxylic acids is 1. The minimum Gasteiger partial charge on any atom is -0.475 e. The zero-order valence-corrected chi connectivity index (χ0v) is 14.7. The number of anilines is 1. The van der Waals surface area contributed by atoms with Gasteiger partial charge in [0.05, 0.1) is 5.75 Å². The minimum atomic E-state index is -5.08. The van der Waals surface area contributed by atoms with E-state index < -0.39 is 22.2 Å². The summed E-state index contributed by atoms with van der Waals surface area (Å²) in [7, 11) is -3.04. The first-order valence-corrected chi connectivity index (χ1v) is 9.45. The highest BCUT2D eigenvalue weighted by Crippen LogP contribution is 2.33. The standard InChI is InChI=1S/C12H18N4O2S.C2HF3O2/c1-2-19(17,18)16-8-10-6-15(7-11(10)9-16)12-13-4-3-5-14-12;3-2(4,5)1(6)7/h3-5,10-11H,2,6-9H2,1H3;(H,6,7). The zero-order chi connectivity index (χ0) is 19.5. The topological polar surface area (TPSA) is 104 Å². The smallest absolute Gasteiger partial charge is 0.475 e. The van der Waals surface area contributed by atoms with E-state index in [9.17, 15) is 21.6 Å². The van der Waals surface area contributed by atoms with Gasteiger partial charge in [0.25, 0.3) is 0 Å². The third kappa shape index (κ3) is 4.81. The Morgan fingerprint density at radius 3 is 2.04 bits per heavy atom. The van der Waals surface area contributed by atoms with E-state index in [0.717, 1.165) is 19.0 Å². The highest BCUT2D eigenvalue weighted by Gasteiger charge is 2.44. The Morgan fingerprint density at radius 2 is 1.65 bits per heavy atom. The quantitative estimate of drug-likeness (QED) is 0.807. The number of sulfonamides is 1. The van der Waals surface area contributed by atoms with Crippen LogP contribution >= 0.6 is 0 Å². The number of carboxylic acids is 1. The molecule has 1 aromatic heterocycles. The molecule has 0 saturated carbocycles. The third-order valence-corrected chi connectivity index (χ3v) is 6.10. The largest absolute Gasteiger partial charge is 0.490 e. The average molecular weight is 396 g/mol. The van der Waals surface area contributed by atoms with E-state index in [0.29, 0.717) is 24.9 Å².